The summed E-state index contributed by atoms with van der Waals surface area (Å²) in [5, 5.41) is 11.3. The molecule has 2 heterocycles. The summed E-state index contributed by atoms with van der Waals surface area (Å²) in [6.45, 7) is 0. The topological polar surface area (TPSA) is 55.1 Å². The van der Waals surface area contributed by atoms with Gasteiger partial charge in [-0.1, -0.05) is 6.07 Å². The Kier molecular flexibility index (Phi) is 3.14. The van der Waals surface area contributed by atoms with Gasteiger partial charge in [-0.25, -0.2) is 4.98 Å². The first-order valence-electron chi connectivity index (χ1n) is 6.46. The number of hydrogen-bond donors (Lipinski definition) is 1. The molecular weight excluding hydrogens is 260 g/mol. The predicted octanol–water partition coefficient (Wildman–Crippen LogP) is 2.58. The van der Waals surface area contributed by atoms with E-state index in [0.29, 0.717) is 6.42 Å². The van der Waals surface area contributed by atoms with E-state index in [2.05, 4.69) is 21.0 Å². The van der Waals surface area contributed by atoms with Gasteiger partial charge < -0.3 is 9.67 Å². The van der Waals surface area contributed by atoms with Crippen LogP contribution in [0.4, 0.5) is 0 Å². The van der Waals surface area contributed by atoms with E-state index >= 15 is 0 Å². The van der Waals surface area contributed by atoms with Crippen LogP contribution in [0.25, 0.3) is 0 Å². The van der Waals surface area contributed by atoms with E-state index in [0.717, 1.165) is 36.5 Å². The average molecular weight is 276 g/mol. The fourth-order valence-electron chi connectivity index (χ4n) is 2.76. The van der Waals surface area contributed by atoms with E-state index in [1.807, 2.05) is 13.1 Å². The van der Waals surface area contributed by atoms with Crippen LogP contribution in [-0.2, 0) is 24.7 Å². The van der Waals surface area contributed by atoms with Crippen molar-refractivity contribution in [3.63, 3.8) is 0 Å². The van der Waals surface area contributed by atoms with Gasteiger partial charge in [-0.15, -0.1) is 11.3 Å². The van der Waals surface area contributed by atoms with Crippen LogP contribution in [-0.4, -0.2) is 20.6 Å². The molecule has 1 aliphatic carbocycles. The molecule has 0 radical (unpaired) electrons. The maximum atomic E-state index is 11.3. The number of carbonyl (C=O) groups is 1. The number of imidazole rings is 1. The predicted molar refractivity (Wildman–Crippen MR) is 73.6 cm³/mol. The minimum atomic E-state index is -0.748. The molecule has 1 atom stereocenters. The van der Waals surface area contributed by atoms with Crippen molar-refractivity contribution in [2.75, 3.05) is 0 Å². The molecule has 0 bridgehead atoms. The summed E-state index contributed by atoms with van der Waals surface area (Å²) in [5.41, 5.74) is 1.89. The fourth-order valence-corrected chi connectivity index (χ4v) is 3.46. The zero-order valence-electron chi connectivity index (χ0n) is 10.8. The standard InChI is InChI=1S/C14H16N2O2S/c1-16-11-6-2-5-10(14(17)18)13(11)15-12(16)8-9-4-3-7-19-9/h3-4,7,10H,2,5-6,8H2,1H3,(H,17,18). The molecule has 2 aromatic heterocycles. The van der Waals surface area contributed by atoms with Gasteiger partial charge in [0, 0.05) is 24.0 Å². The summed E-state index contributed by atoms with van der Waals surface area (Å²) in [6, 6.07) is 4.12. The van der Waals surface area contributed by atoms with Crippen molar-refractivity contribution in [1.29, 1.82) is 0 Å². The number of carboxylic acid groups (broad SMARTS) is 1. The van der Waals surface area contributed by atoms with Crippen molar-refractivity contribution in [2.45, 2.75) is 31.6 Å². The third-order valence-corrected chi connectivity index (χ3v) is 4.66. The second-order valence-corrected chi connectivity index (χ2v) is 5.99. The van der Waals surface area contributed by atoms with Crippen LogP contribution in [0.3, 0.4) is 0 Å². The summed E-state index contributed by atoms with van der Waals surface area (Å²) in [6.07, 6.45) is 3.36. The van der Waals surface area contributed by atoms with Gasteiger partial charge in [0.2, 0.25) is 0 Å². The van der Waals surface area contributed by atoms with Crippen LogP contribution in [0, 0.1) is 0 Å². The van der Waals surface area contributed by atoms with Crippen molar-refractivity contribution in [2.24, 2.45) is 7.05 Å². The Morgan fingerprint density at radius 3 is 3.16 bits per heavy atom. The van der Waals surface area contributed by atoms with Gasteiger partial charge in [0.1, 0.15) is 11.7 Å². The average Bonchev–Trinajstić information content (AvgIpc) is 2.99. The van der Waals surface area contributed by atoms with Crippen LogP contribution in [0.2, 0.25) is 0 Å². The molecule has 0 saturated heterocycles. The Bertz CT molecular complexity index is 601. The van der Waals surface area contributed by atoms with Crippen molar-refractivity contribution in [3.8, 4) is 0 Å². The number of carboxylic acids is 1. The lowest BCUT2D eigenvalue weighted by Gasteiger charge is -2.18. The Morgan fingerprint density at radius 1 is 1.63 bits per heavy atom. The van der Waals surface area contributed by atoms with Gasteiger partial charge in [0.25, 0.3) is 0 Å². The molecule has 1 aliphatic rings. The molecule has 0 aromatic carbocycles. The Balaban J connectivity index is 1.97. The second kappa shape index (κ2) is 4.81. The number of aliphatic carboxylic acids is 1. The Labute approximate surface area is 115 Å². The van der Waals surface area contributed by atoms with E-state index in [4.69, 9.17) is 0 Å². The number of hydrogen-bond acceptors (Lipinski definition) is 3. The maximum Gasteiger partial charge on any atom is 0.312 e. The lowest BCUT2D eigenvalue weighted by atomic mass is 9.90. The molecule has 19 heavy (non-hydrogen) atoms. The van der Waals surface area contributed by atoms with Crippen molar-refractivity contribution in [1.82, 2.24) is 9.55 Å². The molecule has 0 spiro atoms. The first kappa shape index (κ1) is 12.4. The quantitative estimate of drug-likeness (QED) is 0.937. The number of rotatable bonds is 3. The van der Waals surface area contributed by atoms with Crippen molar-refractivity contribution in [3.05, 3.63) is 39.6 Å². The summed E-state index contributed by atoms with van der Waals surface area (Å²) < 4.78 is 2.09. The highest BCUT2D eigenvalue weighted by atomic mass is 32.1. The number of aromatic nitrogens is 2. The third-order valence-electron chi connectivity index (χ3n) is 3.78. The van der Waals surface area contributed by atoms with Crippen molar-refractivity contribution < 1.29 is 9.90 Å². The van der Waals surface area contributed by atoms with E-state index in [1.165, 1.54) is 4.88 Å². The van der Waals surface area contributed by atoms with Crippen LogP contribution in [0.15, 0.2) is 17.5 Å². The van der Waals surface area contributed by atoms with Crippen molar-refractivity contribution >= 4 is 17.3 Å². The summed E-state index contributed by atoms with van der Waals surface area (Å²) in [7, 11) is 2.00. The highest BCUT2D eigenvalue weighted by molar-refractivity contribution is 7.09. The molecule has 0 fully saturated rings. The molecule has 3 rings (SSSR count). The van der Waals surface area contributed by atoms with E-state index < -0.39 is 11.9 Å². The molecule has 5 heteroatoms. The maximum absolute atomic E-state index is 11.3. The van der Waals surface area contributed by atoms with Crippen LogP contribution in [0.1, 0.15) is 40.8 Å². The molecule has 1 N–H and O–H groups in total. The molecule has 0 amide bonds. The molecule has 4 nitrogen and oxygen atoms in total. The van der Waals surface area contributed by atoms with Crippen LogP contribution in [0.5, 0.6) is 0 Å². The summed E-state index contributed by atoms with van der Waals surface area (Å²) >= 11 is 1.71. The van der Waals surface area contributed by atoms with E-state index in [1.54, 1.807) is 11.3 Å². The monoisotopic (exact) mass is 276 g/mol. The number of fused-ring (bicyclic) bond motifs is 1. The van der Waals surface area contributed by atoms with Gasteiger partial charge >= 0.3 is 5.97 Å². The molecule has 2 aromatic rings. The zero-order chi connectivity index (χ0) is 13.4. The molecular formula is C14H16N2O2S. The smallest absolute Gasteiger partial charge is 0.312 e. The molecule has 1 unspecified atom stereocenters. The first-order chi connectivity index (χ1) is 9.16. The summed E-state index contributed by atoms with van der Waals surface area (Å²) in [5.74, 6) is -0.200. The minimum Gasteiger partial charge on any atom is -0.481 e. The van der Waals surface area contributed by atoms with E-state index in [9.17, 15) is 9.90 Å². The number of nitrogens with zero attached hydrogens (tertiary/aromatic N) is 2. The van der Waals surface area contributed by atoms with E-state index in [-0.39, 0.29) is 0 Å². The molecule has 0 saturated carbocycles. The van der Waals surface area contributed by atoms with Gasteiger partial charge in [-0.3, -0.25) is 4.79 Å². The second-order valence-electron chi connectivity index (χ2n) is 4.96. The highest BCUT2D eigenvalue weighted by Gasteiger charge is 2.31. The van der Waals surface area contributed by atoms with Gasteiger partial charge in [-0.05, 0) is 30.7 Å². The Morgan fingerprint density at radius 2 is 2.47 bits per heavy atom. The lowest BCUT2D eigenvalue weighted by Crippen LogP contribution is -2.18. The highest BCUT2D eigenvalue weighted by Crippen LogP contribution is 2.32. The zero-order valence-corrected chi connectivity index (χ0v) is 11.6. The van der Waals surface area contributed by atoms with Gasteiger partial charge in [0.15, 0.2) is 0 Å². The first-order valence-corrected chi connectivity index (χ1v) is 7.34. The molecule has 0 aliphatic heterocycles. The SMILES string of the molecule is Cn1c(Cc2cccs2)nc2c1CCCC2C(=O)O. The Hall–Kier alpha value is -1.62. The van der Waals surface area contributed by atoms with Crippen LogP contribution >= 0.6 is 11.3 Å². The molecule has 100 valence electrons. The lowest BCUT2D eigenvalue weighted by molar-refractivity contribution is -0.139. The van der Waals surface area contributed by atoms with Crippen LogP contribution < -0.4 is 0 Å². The normalized spacial score (nSPS) is 18.3. The fraction of sp³-hybridized carbons (Fsp3) is 0.429. The largest absolute Gasteiger partial charge is 0.481 e. The number of thiophene rings is 1. The van der Waals surface area contributed by atoms with Gasteiger partial charge in [0.05, 0.1) is 5.69 Å². The minimum absolute atomic E-state index is 0.424. The summed E-state index contributed by atoms with van der Waals surface area (Å²) in [4.78, 5) is 17.2. The van der Waals surface area contributed by atoms with Gasteiger partial charge in [-0.2, -0.15) is 0 Å². The third kappa shape index (κ3) is 2.18.